The summed E-state index contributed by atoms with van der Waals surface area (Å²) in [6, 6.07) is 26.8. The molecule has 5 aromatic rings. The summed E-state index contributed by atoms with van der Waals surface area (Å²) >= 11 is 0. The molecule has 0 aliphatic carbocycles. The van der Waals surface area contributed by atoms with E-state index in [9.17, 15) is 18.0 Å². The molecule has 6 rings (SSSR count). The molecule has 198 valence electrons. The average Bonchev–Trinajstić information content (AvgIpc) is 3.51. The van der Waals surface area contributed by atoms with Gasteiger partial charge in [0.25, 0.3) is 0 Å². The first-order chi connectivity index (χ1) is 18.9. The number of fused-ring (bicyclic) bond motifs is 2. The molecule has 0 bridgehead atoms. The van der Waals surface area contributed by atoms with Gasteiger partial charge in [-0.05, 0) is 48.2 Å². The number of carbonyl (C=O) groups is 1. The highest BCUT2D eigenvalue weighted by atomic mass is 19.4. The maximum atomic E-state index is 13.3. The third kappa shape index (κ3) is 4.94. The van der Waals surface area contributed by atoms with Gasteiger partial charge in [0, 0.05) is 36.5 Å². The number of hydrogen-bond acceptors (Lipinski definition) is 3. The van der Waals surface area contributed by atoms with E-state index in [1.165, 1.54) is 11.0 Å². The quantitative estimate of drug-likeness (QED) is 0.210. The Morgan fingerprint density at radius 3 is 2.56 bits per heavy atom. The molecular weight excluding hydrogens is 503 g/mol. The van der Waals surface area contributed by atoms with Crippen LogP contribution in [0.25, 0.3) is 21.8 Å². The molecule has 1 aliphatic rings. The monoisotopic (exact) mass is 529 g/mol. The Hall–Kier alpha value is -4.33. The number of rotatable bonds is 7. The zero-order valence-corrected chi connectivity index (χ0v) is 21.1. The van der Waals surface area contributed by atoms with Crippen molar-refractivity contribution in [3.8, 4) is 5.75 Å². The van der Waals surface area contributed by atoms with E-state index in [4.69, 9.17) is 9.72 Å². The van der Waals surface area contributed by atoms with Crippen molar-refractivity contribution in [2.24, 2.45) is 0 Å². The molecule has 1 aromatic heterocycles. The zero-order chi connectivity index (χ0) is 27.0. The normalized spacial score (nSPS) is 15.9. The van der Waals surface area contributed by atoms with Gasteiger partial charge < -0.3 is 14.2 Å². The van der Waals surface area contributed by atoms with E-state index in [1.54, 1.807) is 6.07 Å². The molecule has 1 aliphatic heterocycles. The maximum Gasteiger partial charge on any atom is 0.416 e. The lowest BCUT2D eigenvalue weighted by Gasteiger charge is -2.19. The number of imidazole rings is 1. The second-order valence-electron chi connectivity index (χ2n) is 9.74. The standard InChI is InChI=1S/C31H26F3N3O2/c32-31(33,34)23-10-6-11-24(19-23)37-20-22(18-29(37)38)30-35-26-13-3-4-14-27(26)36(30)16-7-17-39-28-15-5-9-21-8-1-2-12-25(21)28/h1-6,8-15,19,22H,7,16-18,20H2. The zero-order valence-electron chi connectivity index (χ0n) is 21.1. The van der Waals surface area contributed by atoms with Gasteiger partial charge in [-0.2, -0.15) is 13.2 Å². The highest BCUT2D eigenvalue weighted by molar-refractivity contribution is 5.96. The molecular formula is C31H26F3N3O2. The number of aromatic nitrogens is 2. The van der Waals surface area contributed by atoms with E-state index in [1.807, 2.05) is 54.6 Å². The van der Waals surface area contributed by atoms with Gasteiger partial charge in [-0.1, -0.05) is 54.6 Å². The van der Waals surface area contributed by atoms with Gasteiger partial charge in [-0.15, -0.1) is 0 Å². The minimum absolute atomic E-state index is 0.187. The van der Waals surface area contributed by atoms with Gasteiger partial charge in [-0.25, -0.2) is 4.98 Å². The number of amides is 1. The van der Waals surface area contributed by atoms with Gasteiger partial charge in [0.1, 0.15) is 11.6 Å². The van der Waals surface area contributed by atoms with Gasteiger partial charge in [0.05, 0.1) is 23.2 Å². The van der Waals surface area contributed by atoms with Crippen LogP contribution < -0.4 is 9.64 Å². The smallest absolute Gasteiger partial charge is 0.416 e. The van der Waals surface area contributed by atoms with Crippen molar-refractivity contribution < 1.29 is 22.7 Å². The van der Waals surface area contributed by atoms with E-state index in [0.717, 1.165) is 45.5 Å². The van der Waals surface area contributed by atoms with E-state index < -0.39 is 11.7 Å². The van der Waals surface area contributed by atoms with Crippen LogP contribution >= 0.6 is 0 Å². The number of ether oxygens (including phenoxy) is 1. The van der Waals surface area contributed by atoms with Crippen LogP contribution in [0.4, 0.5) is 18.9 Å². The molecule has 1 fully saturated rings. The molecule has 0 saturated carbocycles. The van der Waals surface area contributed by atoms with E-state index in [-0.39, 0.29) is 30.5 Å². The fourth-order valence-electron chi connectivity index (χ4n) is 5.35. The molecule has 5 nitrogen and oxygen atoms in total. The number of para-hydroxylation sites is 2. The third-order valence-electron chi connectivity index (χ3n) is 7.19. The average molecular weight is 530 g/mol. The van der Waals surface area contributed by atoms with Crippen molar-refractivity contribution in [2.45, 2.75) is 31.5 Å². The number of alkyl halides is 3. The van der Waals surface area contributed by atoms with Crippen molar-refractivity contribution in [3.63, 3.8) is 0 Å². The van der Waals surface area contributed by atoms with E-state index in [2.05, 4.69) is 16.7 Å². The molecule has 2 heterocycles. The SMILES string of the molecule is O=C1CC(c2nc3ccccc3n2CCCOc2cccc3ccccc23)CN1c1cccc(C(F)(F)F)c1. The Bertz CT molecular complexity index is 1660. The highest BCUT2D eigenvalue weighted by Gasteiger charge is 2.36. The Kier molecular flexibility index (Phi) is 6.46. The van der Waals surface area contributed by atoms with Gasteiger partial charge in [-0.3, -0.25) is 4.79 Å². The van der Waals surface area contributed by atoms with Crippen LogP contribution in [0.15, 0.2) is 91.0 Å². The van der Waals surface area contributed by atoms with Crippen molar-refractivity contribution >= 4 is 33.4 Å². The van der Waals surface area contributed by atoms with Crippen LogP contribution in [0.3, 0.4) is 0 Å². The topological polar surface area (TPSA) is 47.4 Å². The Morgan fingerprint density at radius 2 is 1.69 bits per heavy atom. The first kappa shape index (κ1) is 25.0. The van der Waals surface area contributed by atoms with Crippen LogP contribution in [0, 0.1) is 0 Å². The van der Waals surface area contributed by atoms with E-state index in [0.29, 0.717) is 19.6 Å². The molecule has 1 saturated heterocycles. The number of carbonyl (C=O) groups excluding carboxylic acids is 1. The third-order valence-corrected chi connectivity index (χ3v) is 7.19. The van der Waals surface area contributed by atoms with Crippen LogP contribution in [0.1, 0.15) is 30.1 Å². The lowest BCUT2D eigenvalue weighted by Crippen LogP contribution is -2.25. The Balaban J connectivity index is 1.21. The number of nitrogens with zero attached hydrogens (tertiary/aromatic N) is 3. The summed E-state index contributed by atoms with van der Waals surface area (Å²) in [5.74, 6) is 1.15. The number of anilines is 1. The molecule has 39 heavy (non-hydrogen) atoms. The van der Waals surface area contributed by atoms with Crippen LogP contribution in [-0.2, 0) is 17.5 Å². The summed E-state index contributed by atoms with van der Waals surface area (Å²) in [4.78, 5) is 19.3. The minimum Gasteiger partial charge on any atom is -0.493 e. The van der Waals surface area contributed by atoms with Crippen LogP contribution in [0.2, 0.25) is 0 Å². The van der Waals surface area contributed by atoms with Crippen LogP contribution in [-0.4, -0.2) is 28.6 Å². The number of halogens is 3. The summed E-state index contributed by atoms with van der Waals surface area (Å²) in [5, 5.41) is 2.18. The lowest BCUT2D eigenvalue weighted by atomic mass is 10.1. The molecule has 1 unspecified atom stereocenters. The number of benzene rings is 4. The van der Waals surface area contributed by atoms with Gasteiger partial charge in [0.15, 0.2) is 0 Å². The second-order valence-corrected chi connectivity index (χ2v) is 9.74. The fraction of sp³-hybridized carbons (Fsp3) is 0.226. The predicted octanol–water partition coefficient (Wildman–Crippen LogP) is 7.20. The molecule has 4 aromatic carbocycles. The molecule has 1 atom stereocenters. The van der Waals surface area contributed by atoms with Gasteiger partial charge >= 0.3 is 6.18 Å². The summed E-state index contributed by atoms with van der Waals surface area (Å²) < 4.78 is 48.1. The van der Waals surface area contributed by atoms with Crippen LogP contribution in [0.5, 0.6) is 5.75 Å². The summed E-state index contributed by atoms with van der Waals surface area (Å²) in [6.45, 7) is 1.41. The first-order valence-corrected chi connectivity index (χ1v) is 12.9. The van der Waals surface area contributed by atoms with Crippen molar-refractivity contribution in [1.82, 2.24) is 9.55 Å². The van der Waals surface area contributed by atoms with Gasteiger partial charge in [0.2, 0.25) is 5.91 Å². The maximum absolute atomic E-state index is 13.3. The van der Waals surface area contributed by atoms with Crippen molar-refractivity contribution in [3.05, 3.63) is 102 Å². The fourth-order valence-corrected chi connectivity index (χ4v) is 5.35. The second kappa shape index (κ2) is 10.1. The van der Waals surface area contributed by atoms with Crippen molar-refractivity contribution in [1.29, 1.82) is 0 Å². The lowest BCUT2D eigenvalue weighted by molar-refractivity contribution is -0.137. The van der Waals surface area contributed by atoms with E-state index >= 15 is 0 Å². The Morgan fingerprint density at radius 1 is 0.923 bits per heavy atom. The molecule has 8 heteroatoms. The molecule has 0 N–H and O–H groups in total. The molecule has 1 amide bonds. The molecule has 0 radical (unpaired) electrons. The number of hydrogen-bond donors (Lipinski definition) is 0. The first-order valence-electron chi connectivity index (χ1n) is 12.9. The summed E-state index contributed by atoms with van der Waals surface area (Å²) in [5.41, 5.74) is 1.27. The largest absolute Gasteiger partial charge is 0.493 e. The highest BCUT2D eigenvalue weighted by Crippen LogP contribution is 2.36. The summed E-state index contributed by atoms with van der Waals surface area (Å²) in [6.07, 6.45) is -3.57. The molecule has 0 spiro atoms. The van der Waals surface area contributed by atoms with Crippen molar-refractivity contribution in [2.75, 3.05) is 18.1 Å². The predicted molar refractivity (Wildman–Crippen MR) is 145 cm³/mol. The Labute approximate surface area is 223 Å². The number of aryl methyl sites for hydroxylation is 1. The minimum atomic E-state index is -4.47. The summed E-state index contributed by atoms with van der Waals surface area (Å²) in [7, 11) is 0.